The quantitative estimate of drug-likeness (QED) is 0.801. The molecule has 0 spiro atoms. The summed E-state index contributed by atoms with van der Waals surface area (Å²) in [4.78, 5) is 12.9. The molecule has 0 saturated carbocycles. The molecule has 5 heteroatoms. The van der Waals surface area contributed by atoms with Crippen LogP contribution in [0.3, 0.4) is 0 Å². The molecule has 0 fully saturated rings. The molecule has 0 atom stereocenters. The van der Waals surface area contributed by atoms with Crippen LogP contribution in [-0.2, 0) is 6.54 Å². The Balaban J connectivity index is 2.29. The number of carbonyl (C=O) groups is 1. The molecule has 128 valence electrons. The van der Waals surface area contributed by atoms with Crippen molar-refractivity contribution in [2.24, 2.45) is 0 Å². The molecule has 0 unspecified atom stereocenters. The summed E-state index contributed by atoms with van der Waals surface area (Å²) >= 11 is 0. The minimum Gasteiger partial charge on any atom is -0.465 e. The van der Waals surface area contributed by atoms with Crippen LogP contribution in [0.2, 0.25) is 0 Å². The SMILES string of the molecule is Cc1ccccc1Oc1ccc(N)c(CN(C(=O)O)C(C)(C)C)c1. The number of benzene rings is 2. The lowest BCUT2D eigenvalue weighted by Crippen LogP contribution is -2.44. The van der Waals surface area contributed by atoms with Gasteiger partial charge < -0.3 is 15.6 Å². The zero-order chi connectivity index (χ0) is 17.9. The molecule has 0 heterocycles. The highest BCUT2D eigenvalue weighted by Crippen LogP contribution is 2.29. The highest BCUT2D eigenvalue weighted by atomic mass is 16.5. The smallest absolute Gasteiger partial charge is 0.408 e. The molecule has 3 N–H and O–H groups in total. The first-order chi connectivity index (χ1) is 11.2. The van der Waals surface area contributed by atoms with E-state index in [1.807, 2.05) is 52.0 Å². The van der Waals surface area contributed by atoms with Gasteiger partial charge in [0.15, 0.2) is 0 Å². The number of carboxylic acid groups (broad SMARTS) is 1. The summed E-state index contributed by atoms with van der Waals surface area (Å²) in [7, 11) is 0. The van der Waals surface area contributed by atoms with Gasteiger partial charge in [0.1, 0.15) is 11.5 Å². The number of nitrogens with zero attached hydrogens (tertiary/aromatic N) is 1. The van der Waals surface area contributed by atoms with Crippen molar-refractivity contribution in [2.75, 3.05) is 5.73 Å². The van der Waals surface area contributed by atoms with Gasteiger partial charge in [-0.2, -0.15) is 0 Å². The van der Waals surface area contributed by atoms with Crippen LogP contribution >= 0.6 is 0 Å². The highest BCUT2D eigenvalue weighted by molar-refractivity contribution is 5.66. The number of para-hydroxylation sites is 1. The number of hydrogen-bond donors (Lipinski definition) is 2. The lowest BCUT2D eigenvalue weighted by atomic mass is 10.0. The summed E-state index contributed by atoms with van der Waals surface area (Å²) in [6.45, 7) is 7.73. The van der Waals surface area contributed by atoms with Crippen LogP contribution in [0, 0.1) is 6.92 Å². The van der Waals surface area contributed by atoms with Gasteiger partial charge in [0.25, 0.3) is 0 Å². The molecule has 0 bridgehead atoms. The molecule has 0 saturated heterocycles. The molecule has 0 radical (unpaired) electrons. The van der Waals surface area contributed by atoms with Gasteiger partial charge in [-0.1, -0.05) is 18.2 Å². The van der Waals surface area contributed by atoms with E-state index in [1.54, 1.807) is 18.2 Å². The van der Waals surface area contributed by atoms with E-state index in [2.05, 4.69) is 0 Å². The van der Waals surface area contributed by atoms with Crippen LogP contribution in [0.4, 0.5) is 10.5 Å². The first-order valence-corrected chi connectivity index (χ1v) is 7.81. The number of ether oxygens (including phenoxy) is 1. The summed E-state index contributed by atoms with van der Waals surface area (Å²) in [6.07, 6.45) is -0.980. The third kappa shape index (κ3) is 4.19. The molecule has 1 amide bonds. The van der Waals surface area contributed by atoms with Gasteiger partial charge >= 0.3 is 6.09 Å². The molecule has 0 aliphatic rings. The van der Waals surface area contributed by atoms with Crippen molar-refractivity contribution in [1.29, 1.82) is 0 Å². The number of rotatable bonds is 4. The number of anilines is 1. The maximum Gasteiger partial charge on any atom is 0.408 e. The first-order valence-electron chi connectivity index (χ1n) is 7.81. The van der Waals surface area contributed by atoms with E-state index in [0.717, 1.165) is 16.9 Å². The van der Waals surface area contributed by atoms with Crippen LogP contribution < -0.4 is 10.5 Å². The minimum atomic E-state index is -0.980. The third-order valence-corrected chi connectivity index (χ3v) is 3.80. The number of amides is 1. The average Bonchev–Trinajstić information content (AvgIpc) is 2.48. The average molecular weight is 328 g/mol. The van der Waals surface area contributed by atoms with Crippen molar-refractivity contribution in [3.05, 3.63) is 53.6 Å². The van der Waals surface area contributed by atoms with E-state index in [1.165, 1.54) is 4.90 Å². The Morgan fingerprint density at radius 2 is 1.88 bits per heavy atom. The first kappa shape index (κ1) is 17.7. The van der Waals surface area contributed by atoms with Crippen LogP contribution in [0.5, 0.6) is 11.5 Å². The van der Waals surface area contributed by atoms with Gasteiger partial charge in [-0.15, -0.1) is 0 Å². The van der Waals surface area contributed by atoms with E-state index in [0.29, 0.717) is 11.4 Å². The van der Waals surface area contributed by atoms with Crippen LogP contribution in [0.15, 0.2) is 42.5 Å². The van der Waals surface area contributed by atoms with Gasteiger partial charge in [-0.25, -0.2) is 4.79 Å². The standard InChI is InChI=1S/C19H24N2O3/c1-13-7-5-6-8-17(13)24-15-9-10-16(20)14(11-15)12-21(18(22)23)19(2,3)4/h5-11H,12,20H2,1-4H3,(H,22,23). The molecule has 2 aromatic rings. The molecular weight excluding hydrogens is 304 g/mol. The van der Waals surface area contributed by atoms with Crippen LogP contribution in [-0.4, -0.2) is 21.6 Å². The van der Waals surface area contributed by atoms with E-state index in [4.69, 9.17) is 10.5 Å². The molecule has 24 heavy (non-hydrogen) atoms. The molecule has 0 aliphatic carbocycles. The Hall–Kier alpha value is -2.69. The normalized spacial score (nSPS) is 11.2. The Bertz CT molecular complexity index is 736. The molecular formula is C19H24N2O3. The minimum absolute atomic E-state index is 0.204. The second kappa shape index (κ2) is 6.83. The molecule has 5 nitrogen and oxygen atoms in total. The van der Waals surface area contributed by atoms with Crippen molar-refractivity contribution in [3.63, 3.8) is 0 Å². The van der Waals surface area contributed by atoms with Gasteiger partial charge in [0, 0.05) is 11.2 Å². The van der Waals surface area contributed by atoms with E-state index in [-0.39, 0.29) is 6.54 Å². The van der Waals surface area contributed by atoms with E-state index < -0.39 is 11.6 Å². The molecule has 0 aromatic heterocycles. The summed E-state index contributed by atoms with van der Waals surface area (Å²) < 4.78 is 5.91. The summed E-state index contributed by atoms with van der Waals surface area (Å²) in [5, 5.41) is 9.46. The monoisotopic (exact) mass is 328 g/mol. The number of nitrogens with two attached hydrogens (primary N) is 1. The highest BCUT2D eigenvalue weighted by Gasteiger charge is 2.26. The van der Waals surface area contributed by atoms with Crippen LogP contribution in [0.1, 0.15) is 31.9 Å². The predicted octanol–water partition coefficient (Wildman–Crippen LogP) is 4.65. The summed E-state index contributed by atoms with van der Waals surface area (Å²) in [5.41, 5.74) is 7.80. The van der Waals surface area contributed by atoms with E-state index in [9.17, 15) is 9.90 Å². The van der Waals surface area contributed by atoms with Gasteiger partial charge in [0.05, 0.1) is 6.54 Å². The second-order valence-electron chi connectivity index (χ2n) is 6.77. The second-order valence-corrected chi connectivity index (χ2v) is 6.77. The maximum absolute atomic E-state index is 11.5. The molecule has 2 rings (SSSR count). The fraction of sp³-hybridized carbons (Fsp3) is 0.316. The van der Waals surface area contributed by atoms with Crippen LogP contribution in [0.25, 0.3) is 0 Å². The van der Waals surface area contributed by atoms with Crippen molar-refractivity contribution >= 4 is 11.8 Å². The number of nitrogen functional groups attached to an aromatic ring is 1. The summed E-state index contributed by atoms with van der Waals surface area (Å²) in [6, 6.07) is 13.0. The van der Waals surface area contributed by atoms with Gasteiger partial charge in [-0.3, -0.25) is 4.90 Å². The zero-order valence-corrected chi connectivity index (χ0v) is 14.5. The zero-order valence-electron chi connectivity index (χ0n) is 14.5. The Labute approximate surface area is 142 Å². The maximum atomic E-state index is 11.5. The number of hydrogen-bond acceptors (Lipinski definition) is 3. The largest absolute Gasteiger partial charge is 0.465 e. The van der Waals surface area contributed by atoms with Gasteiger partial charge in [0.2, 0.25) is 0 Å². The Morgan fingerprint density at radius 3 is 2.46 bits per heavy atom. The fourth-order valence-corrected chi connectivity index (χ4v) is 2.34. The lowest BCUT2D eigenvalue weighted by Gasteiger charge is -2.33. The topological polar surface area (TPSA) is 75.8 Å². The number of aryl methyl sites for hydroxylation is 1. The van der Waals surface area contributed by atoms with E-state index >= 15 is 0 Å². The Kier molecular flexibility index (Phi) is 5.02. The lowest BCUT2D eigenvalue weighted by molar-refractivity contribution is 0.0956. The van der Waals surface area contributed by atoms with Crippen molar-refractivity contribution in [1.82, 2.24) is 4.90 Å². The Morgan fingerprint density at radius 1 is 1.21 bits per heavy atom. The van der Waals surface area contributed by atoms with Crippen molar-refractivity contribution in [3.8, 4) is 11.5 Å². The predicted molar refractivity (Wildman–Crippen MR) is 95.4 cm³/mol. The van der Waals surface area contributed by atoms with Crippen molar-refractivity contribution in [2.45, 2.75) is 39.8 Å². The van der Waals surface area contributed by atoms with Crippen molar-refractivity contribution < 1.29 is 14.6 Å². The van der Waals surface area contributed by atoms with Gasteiger partial charge in [-0.05, 0) is 63.1 Å². The fourth-order valence-electron chi connectivity index (χ4n) is 2.34. The molecule has 0 aliphatic heterocycles. The third-order valence-electron chi connectivity index (χ3n) is 3.80. The summed E-state index contributed by atoms with van der Waals surface area (Å²) in [5.74, 6) is 1.40. The molecule has 2 aromatic carbocycles.